The number of methoxy groups -OCH3 is 2. The predicted octanol–water partition coefficient (Wildman–Crippen LogP) is 3.75. The van der Waals surface area contributed by atoms with Crippen molar-refractivity contribution in [3.8, 4) is 12.0 Å². The van der Waals surface area contributed by atoms with Crippen molar-refractivity contribution in [2.45, 2.75) is 56.8 Å². The summed E-state index contributed by atoms with van der Waals surface area (Å²) in [7, 11) is 3.49. The zero-order valence-corrected chi connectivity index (χ0v) is 18.6. The highest BCUT2D eigenvalue weighted by atomic mass is 16.5. The first kappa shape index (κ1) is 21.7. The Morgan fingerprint density at radius 1 is 0.968 bits per heavy atom. The van der Waals surface area contributed by atoms with Gasteiger partial charge in [0.1, 0.15) is 18.0 Å². The third-order valence-electron chi connectivity index (χ3n) is 6.40. The monoisotopic (exact) mass is 419 g/mol. The Labute approximate surface area is 186 Å². The lowest BCUT2D eigenvalue weighted by atomic mass is 9.96. The molecule has 1 aromatic heterocycles. The Morgan fingerprint density at radius 2 is 1.68 bits per heavy atom. The summed E-state index contributed by atoms with van der Waals surface area (Å²) in [5.41, 5.74) is 3.24. The quantitative estimate of drug-likeness (QED) is 0.571. The van der Waals surface area contributed by atoms with Crippen molar-refractivity contribution in [2.75, 3.05) is 32.2 Å². The van der Waals surface area contributed by atoms with Crippen molar-refractivity contribution >= 4 is 5.82 Å². The van der Waals surface area contributed by atoms with Crippen molar-refractivity contribution in [1.29, 1.82) is 0 Å². The highest BCUT2D eigenvalue weighted by Gasteiger charge is 2.33. The lowest BCUT2D eigenvalue weighted by molar-refractivity contribution is -0.00461. The molecule has 1 aliphatic carbocycles. The molecule has 0 amide bonds. The Hall–Kier alpha value is -2.55. The van der Waals surface area contributed by atoms with Gasteiger partial charge in [0.15, 0.2) is 0 Å². The number of hydrogen-bond acceptors (Lipinski definition) is 5. The highest BCUT2D eigenvalue weighted by Crippen LogP contribution is 2.24. The summed E-state index contributed by atoms with van der Waals surface area (Å²) in [4.78, 5) is 7.28. The van der Waals surface area contributed by atoms with Crippen LogP contribution in [-0.4, -0.2) is 50.5 Å². The van der Waals surface area contributed by atoms with E-state index in [2.05, 4.69) is 58.6 Å². The van der Waals surface area contributed by atoms with Gasteiger partial charge in [-0.2, -0.15) is 0 Å². The molecule has 1 aliphatic heterocycles. The Bertz CT molecular complexity index is 888. The van der Waals surface area contributed by atoms with Crippen molar-refractivity contribution in [3.63, 3.8) is 0 Å². The molecule has 31 heavy (non-hydrogen) atoms. The first-order valence-corrected chi connectivity index (χ1v) is 11.4. The molecule has 0 spiro atoms. The largest absolute Gasteiger partial charge is 0.377 e. The van der Waals surface area contributed by atoms with E-state index < -0.39 is 0 Å². The highest BCUT2D eigenvalue weighted by molar-refractivity contribution is 5.49. The van der Waals surface area contributed by atoms with Gasteiger partial charge in [-0.25, -0.2) is 4.98 Å². The molecular weight excluding hydrogens is 386 g/mol. The molecule has 2 heterocycles. The van der Waals surface area contributed by atoms with Crippen LogP contribution in [0.3, 0.4) is 0 Å². The number of rotatable bonds is 6. The number of nitrogens with one attached hydrogen (secondary N) is 1. The summed E-state index contributed by atoms with van der Waals surface area (Å²) < 4.78 is 11.2. The fraction of sp³-hybridized carbons (Fsp3) is 0.500. The van der Waals surface area contributed by atoms with Gasteiger partial charge in [0, 0.05) is 51.4 Å². The van der Waals surface area contributed by atoms with E-state index in [1.807, 2.05) is 6.07 Å². The topological polar surface area (TPSA) is 46.6 Å². The van der Waals surface area contributed by atoms with Crippen molar-refractivity contribution in [3.05, 3.63) is 59.3 Å². The van der Waals surface area contributed by atoms with Crippen LogP contribution < -0.4 is 10.2 Å². The van der Waals surface area contributed by atoms with E-state index in [-0.39, 0.29) is 12.2 Å². The first-order valence-electron chi connectivity index (χ1n) is 11.4. The number of benzene rings is 1. The molecule has 5 heteroatoms. The van der Waals surface area contributed by atoms with Crippen LogP contribution in [0.4, 0.5) is 5.82 Å². The van der Waals surface area contributed by atoms with Gasteiger partial charge in [-0.15, -0.1) is 0 Å². The Balaban J connectivity index is 1.56. The second-order valence-electron chi connectivity index (χ2n) is 8.51. The van der Waals surface area contributed by atoms with Gasteiger partial charge in [-0.05, 0) is 36.5 Å². The zero-order chi connectivity index (χ0) is 21.5. The Morgan fingerprint density at radius 3 is 2.35 bits per heavy atom. The molecule has 2 fully saturated rings. The minimum atomic E-state index is 0.0588. The molecule has 2 aromatic rings. The molecule has 2 atom stereocenters. The maximum absolute atomic E-state index is 5.60. The summed E-state index contributed by atoms with van der Waals surface area (Å²) in [6, 6.07) is 18.4. The lowest BCUT2D eigenvalue weighted by Crippen LogP contribution is -2.27. The summed E-state index contributed by atoms with van der Waals surface area (Å²) in [6.45, 7) is 1.56. The lowest BCUT2D eigenvalue weighted by Gasteiger charge is -2.20. The zero-order valence-electron chi connectivity index (χ0n) is 18.6. The summed E-state index contributed by atoms with van der Waals surface area (Å²) in [5.74, 6) is 4.30. The molecule has 1 saturated heterocycles. The molecule has 0 radical (unpaired) electrons. The van der Waals surface area contributed by atoms with Crippen LogP contribution in [0.1, 0.15) is 48.9 Å². The van der Waals surface area contributed by atoms with E-state index in [1.165, 1.54) is 37.7 Å². The average Bonchev–Trinajstić information content (AvgIpc) is 3.25. The van der Waals surface area contributed by atoms with Crippen LogP contribution in [0.15, 0.2) is 42.5 Å². The first-order chi connectivity index (χ1) is 15.3. The van der Waals surface area contributed by atoms with Crippen molar-refractivity contribution in [1.82, 2.24) is 10.3 Å². The molecule has 2 aliphatic rings. The van der Waals surface area contributed by atoms with Gasteiger partial charge >= 0.3 is 0 Å². The SMILES string of the molecule is CO[C@@H]1CN(c2ccc(C#CNC3CCCCC3)c(Cc3ccccc3)n2)C[C@H]1OC. The van der Waals surface area contributed by atoms with Crippen molar-refractivity contribution in [2.24, 2.45) is 0 Å². The van der Waals surface area contributed by atoms with E-state index in [9.17, 15) is 0 Å². The predicted molar refractivity (Wildman–Crippen MR) is 124 cm³/mol. The average molecular weight is 420 g/mol. The minimum absolute atomic E-state index is 0.0588. The standard InChI is InChI=1S/C26H33N3O2/c1-30-24-18-29(19-25(24)31-2)26-14-13-21(15-16-27-22-11-7-4-8-12-22)23(28-26)17-20-9-5-3-6-10-20/h3,5-6,9-10,13-14,22,24-25,27H,4,7-8,11-12,17-19H2,1-2H3/t24-,25-/m1/s1. The molecule has 5 nitrogen and oxygen atoms in total. The van der Waals surface area contributed by atoms with Crippen LogP contribution in [0.5, 0.6) is 0 Å². The molecule has 1 N–H and O–H groups in total. The van der Waals surface area contributed by atoms with E-state index >= 15 is 0 Å². The van der Waals surface area contributed by atoms with Gasteiger partial charge < -0.3 is 19.7 Å². The van der Waals surface area contributed by atoms with Crippen LogP contribution in [-0.2, 0) is 15.9 Å². The number of anilines is 1. The fourth-order valence-corrected chi connectivity index (χ4v) is 4.54. The van der Waals surface area contributed by atoms with E-state index in [0.717, 1.165) is 36.6 Å². The minimum Gasteiger partial charge on any atom is -0.377 e. The van der Waals surface area contributed by atoms with Gasteiger partial charge in [0.25, 0.3) is 0 Å². The third-order valence-corrected chi connectivity index (χ3v) is 6.40. The molecule has 1 aromatic carbocycles. The van der Waals surface area contributed by atoms with Gasteiger partial charge in [0.2, 0.25) is 0 Å². The second kappa shape index (κ2) is 10.7. The smallest absolute Gasteiger partial charge is 0.129 e. The second-order valence-corrected chi connectivity index (χ2v) is 8.51. The van der Waals surface area contributed by atoms with Crippen LogP contribution >= 0.6 is 0 Å². The number of nitrogens with zero attached hydrogens (tertiary/aromatic N) is 2. The van der Waals surface area contributed by atoms with Gasteiger partial charge in [0.05, 0.1) is 5.69 Å². The van der Waals surface area contributed by atoms with E-state index in [4.69, 9.17) is 14.5 Å². The maximum atomic E-state index is 5.60. The van der Waals surface area contributed by atoms with Crippen LogP contribution in [0.2, 0.25) is 0 Å². The third kappa shape index (κ3) is 5.58. The molecular formula is C26H33N3O2. The number of aromatic nitrogens is 1. The van der Waals surface area contributed by atoms with Gasteiger partial charge in [-0.1, -0.05) is 49.6 Å². The number of pyridine rings is 1. The fourth-order valence-electron chi connectivity index (χ4n) is 4.54. The van der Waals surface area contributed by atoms with Crippen LogP contribution in [0.25, 0.3) is 0 Å². The molecule has 164 valence electrons. The Kier molecular flexibility index (Phi) is 7.45. The molecule has 0 unspecified atom stereocenters. The number of hydrogen-bond donors (Lipinski definition) is 1. The molecule has 0 bridgehead atoms. The normalized spacial score (nSPS) is 21.5. The maximum Gasteiger partial charge on any atom is 0.129 e. The van der Waals surface area contributed by atoms with Gasteiger partial charge in [-0.3, -0.25) is 0 Å². The summed E-state index contributed by atoms with van der Waals surface area (Å²) in [6.07, 6.45) is 7.27. The summed E-state index contributed by atoms with van der Waals surface area (Å²) in [5, 5.41) is 3.43. The number of ether oxygens (including phenoxy) is 2. The van der Waals surface area contributed by atoms with E-state index in [0.29, 0.717) is 6.04 Å². The molecule has 1 saturated carbocycles. The van der Waals surface area contributed by atoms with Crippen LogP contribution in [0, 0.1) is 12.0 Å². The summed E-state index contributed by atoms with van der Waals surface area (Å²) >= 11 is 0. The van der Waals surface area contributed by atoms with Crippen molar-refractivity contribution < 1.29 is 9.47 Å². The molecule has 4 rings (SSSR count). The van der Waals surface area contributed by atoms with E-state index in [1.54, 1.807) is 14.2 Å².